The molecule has 3 N–H and O–H groups in total. The second-order valence-corrected chi connectivity index (χ2v) is 3.31. The number of carbonyl (C=O) groups excluding carboxylic acids is 1. The lowest BCUT2D eigenvalue weighted by molar-refractivity contribution is -0.136. The summed E-state index contributed by atoms with van der Waals surface area (Å²) < 4.78 is 0. The van der Waals surface area contributed by atoms with Crippen molar-refractivity contribution in [3.05, 3.63) is 0 Å². The molecule has 78 valence electrons. The molecule has 0 unspecified atom stereocenters. The topological polar surface area (TPSA) is 66.6 Å². The van der Waals surface area contributed by atoms with E-state index in [1.54, 1.807) is 7.05 Å². The fourth-order valence-electron chi connectivity index (χ4n) is 1.18. The fourth-order valence-corrected chi connectivity index (χ4v) is 1.18. The van der Waals surface area contributed by atoms with Crippen molar-refractivity contribution >= 4 is 5.91 Å². The number of nitrogens with zero attached hydrogens (tertiary/aromatic N) is 1. The van der Waals surface area contributed by atoms with Gasteiger partial charge in [0.25, 0.3) is 0 Å². The summed E-state index contributed by atoms with van der Waals surface area (Å²) in [6.07, 6.45) is 1.25. The van der Waals surface area contributed by atoms with E-state index in [1.165, 1.54) is 4.90 Å². The first-order chi connectivity index (χ1) is 6.01. The molecular formula is C9H20N2O2. The van der Waals surface area contributed by atoms with Crippen LogP contribution in [0.1, 0.15) is 26.7 Å². The number of amides is 1. The zero-order valence-corrected chi connectivity index (χ0v) is 8.71. The average molecular weight is 188 g/mol. The number of aliphatic hydroxyl groups is 1. The first-order valence-corrected chi connectivity index (χ1v) is 4.67. The maximum atomic E-state index is 11.7. The standard InChI is InChI=1S/C9H20N2O2/c1-4-9(10,5-2)8(13)11(3)6-7-12/h12H,4-7,10H2,1-3H3. The Balaban J connectivity index is 4.37. The molecule has 0 aliphatic rings. The number of hydrogen-bond donors (Lipinski definition) is 2. The summed E-state index contributed by atoms with van der Waals surface area (Å²) >= 11 is 0. The lowest BCUT2D eigenvalue weighted by Crippen LogP contribution is -2.54. The van der Waals surface area contributed by atoms with Crippen molar-refractivity contribution in [3.8, 4) is 0 Å². The van der Waals surface area contributed by atoms with Crippen LogP contribution in [0.15, 0.2) is 0 Å². The molecule has 0 saturated carbocycles. The summed E-state index contributed by atoms with van der Waals surface area (Å²) in [7, 11) is 1.66. The smallest absolute Gasteiger partial charge is 0.242 e. The maximum Gasteiger partial charge on any atom is 0.242 e. The first-order valence-electron chi connectivity index (χ1n) is 4.67. The van der Waals surface area contributed by atoms with E-state index in [-0.39, 0.29) is 12.5 Å². The molecule has 0 spiro atoms. The minimum atomic E-state index is -0.760. The van der Waals surface area contributed by atoms with Crippen LogP contribution in [-0.4, -0.2) is 41.7 Å². The lowest BCUT2D eigenvalue weighted by Gasteiger charge is -2.30. The molecule has 0 aromatic carbocycles. The molecule has 0 fully saturated rings. The summed E-state index contributed by atoms with van der Waals surface area (Å²) in [5.74, 6) is -0.0912. The molecule has 13 heavy (non-hydrogen) atoms. The van der Waals surface area contributed by atoms with E-state index in [4.69, 9.17) is 10.8 Å². The molecule has 0 aromatic heterocycles. The van der Waals surface area contributed by atoms with E-state index >= 15 is 0 Å². The van der Waals surface area contributed by atoms with Crippen molar-refractivity contribution in [2.75, 3.05) is 20.2 Å². The first kappa shape index (κ1) is 12.4. The summed E-state index contributed by atoms with van der Waals surface area (Å²) in [5.41, 5.74) is 5.14. The van der Waals surface area contributed by atoms with E-state index < -0.39 is 5.54 Å². The molecule has 0 rings (SSSR count). The van der Waals surface area contributed by atoms with Gasteiger partial charge in [-0.3, -0.25) is 4.79 Å². The average Bonchev–Trinajstić information content (AvgIpc) is 2.16. The largest absolute Gasteiger partial charge is 0.395 e. The van der Waals surface area contributed by atoms with Crippen molar-refractivity contribution in [1.82, 2.24) is 4.90 Å². The van der Waals surface area contributed by atoms with Gasteiger partial charge < -0.3 is 15.7 Å². The second kappa shape index (κ2) is 5.19. The Morgan fingerprint density at radius 2 is 1.92 bits per heavy atom. The summed E-state index contributed by atoms with van der Waals surface area (Å²) in [6.45, 7) is 4.12. The quantitative estimate of drug-likeness (QED) is 0.636. The molecule has 0 heterocycles. The molecule has 1 amide bonds. The Bertz CT molecular complexity index is 167. The number of rotatable bonds is 5. The monoisotopic (exact) mass is 188 g/mol. The third-order valence-corrected chi connectivity index (χ3v) is 2.47. The van der Waals surface area contributed by atoms with Gasteiger partial charge in [0.1, 0.15) is 0 Å². The predicted molar refractivity (Wildman–Crippen MR) is 52.2 cm³/mol. The highest BCUT2D eigenvalue weighted by Gasteiger charge is 2.32. The van der Waals surface area contributed by atoms with Crippen molar-refractivity contribution < 1.29 is 9.90 Å². The molecule has 0 aliphatic heterocycles. The number of aliphatic hydroxyl groups excluding tert-OH is 1. The van der Waals surface area contributed by atoms with Crippen LogP contribution in [0.5, 0.6) is 0 Å². The van der Waals surface area contributed by atoms with Crippen LogP contribution in [-0.2, 0) is 4.79 Å². The van der Waals surface area contributed by atoms with Gasteiger partial charge in [-0.1, -0.05) is 13.8 Å². The van der Waals surface area contributed by atoms with Crippen LogP contribution in [0.3, 0.4) is 0 Å². The SMILES string of the molecule is CCC(N)(CC)C(=O)N(C)CCO. The van der Waals surface area contributed by atoms with Gasteiger partial charge in [-0.15, -0.1) is 0 Å². The van der Waals surface area contributed by atoms with Gasteiger partial charge in [0, 0.05) is 13.6 Å². The van der Waals surface area contributed by atoms with E-state index in [0.717, 1.165) is 0 Å². The summed E-state index contributed by atoms with van der Waals surface area (Å²) in [6, 6.07) is 0. The highest BCUT2D eigenvalue weighted by molar-refractivity contribution is 5.85. The van der Waals surface area contributed by atoms with E-state index in [2.05, 4.69) is 0 Å². The highest BCUT2D eigenvalue weighted by Crippen LogP contribution is 2.13. The van der Waals surface area contributed by atoms with Crippen molar-refractivity contribution in [2.45, 2.75) is 32.2 Å². The fraction of sp³-hybridized carbons (Fsp3) is 0.889. The minimum Gasteiger partial charge on any atom is -0.395 e. The lowest BCUT2D eigenvalue weighted by atomic mass is 9.92. The van der Waals surface area contributed by atoms with Gasteiger partial charge in [-0.25, -0.2) is 0 Å². The van der Waals surface area contributed by atoms with E-state index in [9.17, 15) is 4.79 Å². The Morgan fingerprint density at radius 3 is 2.23 bits per heavy atom. The number of carbonyl (C=O) groups is 1. The van der Waals surface area contributed by atoms with Gasteiger partial charge in [0.2, 0.25) is 5.91 Å². The van der Waals surface area contributed by atoms with E-state index in [0.29, 0.717) is 19.4 Å². The summed E-state index contributed by atoms with van der Waals surface area (Å²) in [4.78, 5) is 13.2. The zero-order valence-electron chi connectivity index (χ0n) is 8.71. The third kappa shape index (κ3) is 2.97. The van der Waals surface area contributed by atoms with Crippen LogP contribution in [0, 0.1) is 0 Å². The number of nitrogens with two attached hydrogens (primary N) is 1. The molecule has 4 nitrogen and oxygen atoms in total. The molecule has 0 radical (unpaired) electrons. The highest BCUT2D eigenvalue weighted by atomic mass is 16.3. The van der Waals surface area contributed by atoms with Crippen LogP contribution >= 0.6 is 0 Å². The maximum absolute atomic E-state index is 11.7. The molecule has 4 heteroatoms. The number of hydrogen-bond acceptors (Lipinski definition) is 3. The van der Waals surface area contributed by atoms with Crippen molar-refractivity contribution in [3.63, 3.8) is 0 Å². The Hall–Kier alpha value is -0.610. The normalized spacial score (nSPS) is 11.5. The second-order valence-electron chi connectivity index (χ2n) is 3.31. The van der Waals surface area contributed by atoms with Crippen LogP contribution in [0.4, 0.5) is 0 Å². The molecular weight excluding hydrogens is 168 g/mol. The van der Waals surface area contributed by atoms with Crippen LogP contribution < -0.4 is 5.73 Å². The Labute approximate surface area is 79.7 Å². The molecule has 0 saturated heterocycles. The van der Waals surface area contributed by atoms with Gasteiger partial charge >= 0.3 is 0 Å². The Kier molecular flexibility index (Phi) is 4.95. The van der Waals surface area contributed by atoms with Gasteiger partial charge in [0.05, 0.1) is 12.1 Å². The van der Waals surface area contributed by atoms with Crippen molar-refractivity contribution in [2.24, 2.45) is 5.73 Å². The van der Waals surface area contributed by atoms with Crippen LogP contribution in [0.2, 0.25) is 0 Å². The number of likely N-dealkylation sites (N-methyl/N-ethyl adjacent to an activating group) is 1. The van der Waals surface area contributed by atoms with Gasteiger partial charge in [-0.2, -0.15) is 0 Å². The van der Waals surface area contributed by atoms with E-state index in [1.807, 2.05) is 13.8 Å². The molecule has 0 aromatic rings. The molecule has 0 bridgehead atoms. The predicted octanol–water partition coefficient (Wildman–Crippen LogP) is -0.0454. The molecule has 0 atom stereocenters. The Morgan fingerprint density at radius 1 is 1.46 bits per heavy atom. The van der Waals surface area contributed by atoms with Gasteiger partial charge in [-0.05, 0) is 12.8 Å². The third-order valence-electron chi connectivity index (χ3n) is 2.47. The van der Waals surface area contributed by atoms with Crippen LogP contribution in [0.25, 0.3) is 0 Å². The summed E-state index contributed by atoms with van der Waals surface area (Å²) in [5, 5.41) is 8.66. The minimum absolute atomic E-state index is 0.0221. The zero-order chi connectivity index (χ0) is 10.5. The van der Waals surface area contributed by atoms with Crippen molar-refractivity contribution in [1.29, 1.82) is 0 Å². The van der Waals surface area contributed by atoms with Gasteiger partial charge in [0.15, 0.2) is 0 Å². The molecule has 0 aliphatic carbocycles.